The molecule has 0 spiro atoms. The van der Waals surface area contributed by atoms with Gasteiger partial charge in [0.15, 0.2) is 23.2 Å². The predicted octanol–water partition coefficient (Wildman–Crippen LogP) is 2.59. The van der Waals surface area contributed by atoms with Crippen molar-refractivity contribution >= 4 is 5.82 Å². The molecule has 0 radical (unpaired) electrons. The summed E-state index contributed by atoms with van der Waals surface area (Å²) >= 11 is 0. The van der Waals surface area contributed by atoms with E-state index in [2.05, 4.69) is 20.1 Å². The molecule has 1 aromatic carbocycles. The van der Waals surface area contributed by atoms with Crippen LogP contribution >= 0.6 is 0 Å². The number of aromatic nitrogens is 5. The topological polar surface area (TPSA) is 92.8 Å². The first-order chi connectivity index (χ1) is 15.0. The largest absolute Gasteiger partial charge is 0.381 e. The van der Waals surface area contributed by atoms with Crippen molar-refractivity contribution in [3.8, 4) is 11.5 Å². The van der Waals surface area contributed by atoms with Gasteiger partial charge in [0.25, 0.3) is 5.56 Å². The van der Waals surface area contributed by atoms with Crippen molar-refractivity contribution in [1.82, 2.24) is 24.7 Å². The van der Waals surface area contributed by atoms with Crippen LogP contribution in [0.1, 0.15) is 22.7 Å². The summed E-state index contributed by atoms with van der Waals surface area (Å²) in [5.41, 5.74) is 1.31. The molecule has 31 heavy (non-hydrogen) atoms. The van der Waals surface area contributed by atoms with Gasteiger partial charge in [0.2, 0.25) is 0 Å². The standard InChI is InChI=1S/C21H18F2N6O2/c1-28-10-16(25-18(28)8-12-4-2-3-5-14(12)22)19-24-9-15(23)20(26-19)29-7-6-13-17(11-29)31-27-21(13)30/h2-5,9-10H,6-8,11H2,1H3,(H,27,30). The molecule has 0 aliphatic carbocycles. The van der Waals surface area contributed by atoms with E-state index in [-0.39, 0.29) is 29.6 Å². The van der Waals surface area contributed by atoms with Crippen molar-refractivity contribution in [3.63, 3.8) is 0 Å². The molecular weight excluding hydrogens is 406 g/mol. The van der Waals surface area contributed by atoms with E-state index < -0.39 is 5.82 Å². The molecule has 1 aliphatic rings. The van der Waals surface area contributed by atoms with Gasteiger partial charge >= 0.3 is 0 Å². The molecule has 0 saturated heterocycles. The number of nitrogens with zero attached hydrogens (tertiary/aromatic N) is 5. The number of benzene rings is 1. The number of H-pyrrole nitrogens is 1. The van der Waals surface area contributed by atoms with Crippen LogP contribution in [0.5, 0.6) is 0 Å². The molecule has 0 saturated carbocycles. The molecule has 4 aromatic rings. The Morgan fingerprint density at radius 3 is 2.87 bits per heavy atom. The molecule has 158 valence electrons. The van der Waals surface area contributed by atoms with Crippen molar-refractivity contribution in [2.75, 3.05) is 11.4 Å². The second kappa shape index (κ2) is 7.46. The van der Waals surface area contributed by atoms with Crippen LogP contribution in [-0.4, -0.2) is 31.2 Å². The van der Waals surface area contributed by atoms with Gasteiger partial charge in [-0.1, -0.05) is 18.2 Å². The summed E-state index contributed by atoms with van der Waals surface area (Å²) in [6, 6.07) is 6.53. The molecular formula is C21H18F2N6O2. The average Bonchev–Trinajstić information content (AvgIpc) is 3.32. The third-order valence-corrected chi connectivity index (χ3v) is 5.38. The normalized spacial score (nSPS) is 13.5. The number of halogens is 2. The maximum atomic E-state index is 14.5. The SMILES string of the molecule is Cn1cc(-c2ncc(F)c(N3CCc4c(o[nH]c4=O)C3)n2)nc1Cc1ccccc1F. The van der Waals surface area contributed by atoms with Crippen LogP contribution in [0.3, 0.4) is 0 Å². The highest BCUT2D eigenvalue weighted by molar-refractivity contribution is 5.53. The fraction of sp³-hybridized carbons (Fsp3) is 0.238. The Bertz CT molecular complexity index is 1330. The van der Waals surface area contributed by atoms with Crippen LogP contribution in [0, 0.1) is 11.6 Å². The first kappa shape index (κ1) is 19.2. The highest BCUT2D eigenvalue weighted by atomic mass is 19.1. The Balaban J connectivity index is 1.44. The Morgan fingerprint density at radius 1 is 1.19 bits per heavy atom. The Morgan fingerprint density at radius 2 is 2.03 bits per heavy atom. The molecule has 0 amide bonds. The van der Waals surface area contributed by atoms with Gasteiger partial charge in [-0.25, -0.2) is 23.7 Å². The molecule has 3 aromatic heterocycles. The number of nitrogens with one attached hydrogen (secondary N) is 1. The number of hydrogen-bond donors (Lipinski definition) is 1. The fourth-order valence-corrected chi connectivity index (χ4v) is 3.71. The van der Waals surface area contributed by atoms with Crippen LogP contribution in [0.4, 0.5) is 14.6 Å². The van der Waals surface area contributed by atoms with Gasteiger partial charge in [-0.05, 0) is 18.1 Å². The molecule has 0 bridgehead atoms. The molecule has 8 nitrogen and oxygen atoms in total. The van der Waals surface area contributed by atoms with Crippen LogP contribution in [0.15, 0.2) is 46.0 Å². The Labute approximate surface area is 175 Å². The first-order valence-corrected chi connectivity index (χ1v) is 9.72. The number of anilines is 1. The van der Waals surface area contributed by atoms with Crippen LogP contribution < -0.4 is 10.5 Å². The van der Waals surface area contributed by atoms with Crippen molar-refractivity contribution in [1.29, 1.82) is 0 Å². The molecule has 4 heterocycles. The lowest BCUT2D eigenvalue weighted by Crippen LogP contribution is -2.33. The minimum absolute atomic E-state index is 0.112. The number of aryl methyl sites for hydroxylation is 1. The van der Waals surface area contributed by atoms with E-state index in [1.165, 1.54) is 6.07 Å². The quantitative estimate of drug-likeness (QED) is 0.541. The van der Waals surface area contributed by atoms with E-state index >= 15 is 0 Å². The highest BCUT2D eigenvalue weighted by Gasteiger charge is 2.26. The van der Waals surface area contributed by atoms with Crippen LogP contribution in [-0.2, 0) is 26.4 Å². The predicted molar refractivity (Wildman–Crippen MR) is 107 cm³/mol. The van der Waals surface area contributed by atoms with Gasteiger partial charge < -0.3 is 14.0 Å². The highest BCUT2D eigenvalue weighted by Crippen LogP contribution is 2.26. The second-order valence-corrected chi connectivity index (χ2v) is 7.39. The summed E-state index contributed by atoms with van der Waals surface area (Å²) < 4.78 is 35.5. The Kier molecular flexibility index (Phi) is 4.61. The van der Waals surface area contributed by atoms with Gasteiger partial charge in [0.1, 0.15) is 17.3 Å². The number of rotatable bonds is 4. The summed E-state index contributed by atoms with van der Waals surface area (Å²) in [6.07, 6.45) is 3.56. The number of aromatic amines is 1. The van der Waals surface area contributed by atoms with Gasteiger partial charge in [-0.15, -0.1) is 0 Å². The first-order valence-electron chi connectivity index (χ1n) is 9.72. The van der Waals surface area contributed by atoms with E-state index in [0.717, 1.165) is 6.20 Å². The zero-order valence-electron chi connectivity index (χ0n) is 16.6. The Hall–Kier alpha value is -3.82. The minimum atomic E-state index is -0.576. The summed E-state index contributed by atoms with van der Waals surface area (Å²) in [5, 5.41) is 2.31. The summed E-state index contributed by atoms with van der Waals surface area (Å²) in [5.74, 6) is 0.599. The van der Waals surface area contributed by atoms with Gasteiger partial charge in [0, 0.05) is 26.2 Å². The van der Waals surface area contributed by atoms with Crippen molar-refractivity contribution in [3.05, 3.63) is 81.4 Å². The van der Waals surface area contributed by atoms with Crippen molar-refractivity contribution in [2.24, 2.45) is 7.05 Å². The van der Waals surface area contributed by atoms with E-state index in [0.29, 0.717) is 47.8 Å². The maximum Gasteiger partial charge on any atom is 0.283 e. The summed E-state index contributed by atoms with van der Waals surface area (Å²) in [4.78, 5) is 26.4. The lowest BCUT2D eigenvalue weighted by atomic mass is 10.1. The maximum absolute atomic E-state index is 14.5. The molecule has 5 rings (SSSR count). The molecule has 1 aliphatic heterocycles. The zero-order chi connectivity index (χ0) is 21.5. The summed E-state index contributed by atoms with van der Waals surface area (Å²) in [7, 11) is 1.80. The average molecular weight is 424 g/mol. The third-order valence-electron chi connectivity index (χ3n) is 5.38. The fourth-order valence-electron chi connectivity index (χ4n) is 3.71. The van der Waals surface area contributed by atoms with Gasteiger partial charge in [0.05, 0.1) is 18.3 Å². The molecule has 0 atom stereocenters. The second-order valence-electron chi connectivity index (χ2n) is 7.39. The lowest BCUT2D eigenvalue weighted by Gasteiger charge is -2.26. The number of fused-ring (bicyclic) bond motifs is 1. The molecule has 0 fully saturated rings. The number of imidazole rings is 1. The molecule has 10 heteroatoms. The van der Waals surface area contributed by atoms with Gasteiger partial charge in [-0.2, -0.15) is 5.16 Å². The minimum Gasteiger partial charge on any atom is -0.381 e. The van der Waals surface area contributed by atoms with Gasteiger partial charge in [-0.3, -0.25) is 4.79 Å². The molecule has 1 N–H and O–H groups in total. The zero-order valence-corrected chi connectivity index (χ0v) is 16.6. The summed E-state index contributed by atoms with van der Waals surface area (Å²) in [6.45, 7) is 0.645. The molecule has 0 unspecified atom stereocenters. The van der Waals surface area contributed by atoms with E-state index in [1.807, 2.05) is 0 Å². The van der Waals surface area contributed by atoms with E-state index in [1.54, 1.807) is 40.9 Å². The van der Waals surface area contributed by atoms with Crippen molar-refractivity contribution in [2.45, 2.75) is 19.4 Å². The van der Waals surface area contributed by atoms with Crippen LogP contribution in [0.2, 0.25) is 0 Å². The lowest BCUT2D eigenvalue weighted by molar-refractivity contribution is 0.370. The smallest absolute Gasteiger partial charge is 0.283 e. The number of hydrogen-bond acceptors (Lipinski definition) is 6. The third kappa shape index (κ3) is 3.49. The van der Waals surface area contributed by atoms with Crippen molar-refractivity contribution < 1.29 is 13.3 Å². The monoisotopic (exact) mass is 424 g/mol. The van der Waals surface area contributed by atoms with E-state index in [9.17, 15) is 13.6 Å². The van der Waals surface area contributed by atoms with E-state index in [4.69, 9.17) is 4.52 Å². The van der Waals surface area contributed by atoms with Crippen LogP contribution in [0.25, 0.3) is 11.5 Å².